The Balaban J connectivity index is 1.90. The van der Waals surface area contributed by atoms with Gasteiger partial charge in [0.2, 0.25) is 10.0 Å². The van der Waals surface area contributed by atoms with Gasteiger partial charge in [-0.25, -0.2) is 13.1 Å². The molecule has 0 atom stereocenters. The number of benzene rings is 1. The van der Waals surface area contributed by atoms with E-state index in [0.29, 0.717) is 5.65 Å². The van der Waals surface area contributed by atoms with Gasteiger partial charge in [-0.05, 0) is 24.3 Å². The molecule has 6 nitrogen and oxygen atoms in total. The molecule has 1 aromatic carbocycles. The number of rotatable bonds is 4. The van der Waals surface area contributed by atoms with E-state index in [9.17, 15) is 21.6 Å². The van der Waals surface area contributed by atoms with Gasteiger partial charge in [0.05, 0.1) is 17.0 Å². The molecule has 126 valence electrons. The van der Waals surface area contributed by atoms with Crippen LogP contribution in [0.1, 0.15) is 11.4 Å². The van der Waals surface area contributed by atoms with E-state index < -0.39 is 26.7 Å². The van der Waals surface area contributed by atoms with Crippen molar-refractivity contribution in [2.45, 2.75) is 17.6 Å². The largest absolute Gasteiger partial charge is 0.417 e. The average Bonchev–Trinajstić information content (AvgIpc) is 2.95. The molecule has 0 spiro atoms. The van der Waals surface area contributed by atoms with E-state index in [1.54, 1.807) is 24.4 Å². The number of aromatic nitrogens is 3. The van der Waals surface area contributed by atoms with Crippen molar-refractivity contribution in [2.75, 3.05) is 0 Å². The first kappa shape index (κ1) is 16.4. The zero-order valence-corrected chi connectivity index (χ0v) is 12.8. The molecule has 0 aliphatic heterocycles. The number of nitrogens with zero attached hydrogens (tertiary/aromatic N) is 3. The maximum atomic E-state index is 13.0. The molecular weight excluding hydrogens is 345 g/mol. The second-order valence-corrected chi connectivity index (χ2v) is 6.60. The fourth-order valence-corrected chi connectivity index (χ4v) is 3.39. The van der Waals surface area contributed by atoms with Gasteiger partial charge >= 0.3 is 6.18 Å². The number of halogens is 3. The molecule has 0 unspecified atom stereocenters. The summed E-state index contributed by atoms with van der Waals surface area (Å²) in [6.07, 6.45) is -3.14. The van der Waals surface area contributed by atoms with Gasteiger partial charge in [0.1, 0.15) is 0 Å². The highest BCUT2D eigenvalue weighted by atomic mass is 32.2. The van der Waals surface area contributed by atoms with Crippen LogP contribution in [-0.4, -0.2) is 23.0 Å². The van der Waals surface area contributed by atoms with Gasteiger partial charge in [0.15, 0.2) is 11.5 Å². The monoisotopic (exact) mass is 356 g/mol. The topological polar surface area (TPSA) is 76.4 Å². The summed E-state index contributed by atoms with van der Waals surface area (Å²) in [6.45, 7) is -0.292. The summed E-state index contributed by atoms with van der Waals surface area (Å²) in [5.41, 5.74) is -0.717. The normalized spacial score (nSPS) is 12.6. The van der Waals surface area contributed by atoms with E-state index in [-0.39, 0.29) is 12.4 Å². The van der Waals surface area contributed by atoms with Crippen molar-refractivity contribution in [1.29, 1.82) is 0 Å². The molecule has 0 amide bonds. The van der Waals surface area contributed by atoms with Crippen LogP contribution in [0.4, 0.5) is 13.2 Å². The Bertz CT molecular complexity index is 983. The Morgan fingerprint density at radius 1 is 1.04 bits per heavy atom. The predicted molar refractivity (Wildman–Crippen MR) is 78.5 cm³/mol. The molecule has 0 fully saturated rings. The zero-order chi connectivity index (χ0) is 17.4. The van der Waals surface area contributed by atoms with Crippen molar-refractivity contribution in [3.05, 3.63) is 60.0 Å². The van der Waals surface area contributed by atoms with Crippen LogP contribution >= 0.6 is 0 Å². The predicted octanol–water partition coefficient (Wildman–Crippen LogP) is 2.23. The lowest BCUT2D eigenvalue weighted by Crippen LogP contribution is -2.26. The summed E-state index contributed by atoms with van der Waals surface area (Å²) in [4.78, 5) is -0.827. The second-order valence-electron chi connectivity index (χ2n) is 4.86. The van der Waals surface area contributed by atoms with Gasteiger partial charge in [-0.15, -0.1) is 10.2 Å². The fraction of sp³-hybridized carbons (Fsp3) is 0.143. The highest BCUT2D eigenvalue weighted by Crippen LogP contribution is 2.33. The van der Waals surface area contributed by atoms with E-state index in [1.165, 1.54) is 10.5 Å². The highest BCUT2D eigenvalue weighted by molar-refractivity contribution is 7.89. The van der Waals surface area contributed by atoms with Gasteiger partial charge in [0, 0.05) is 6.20 Å². The number of nitrogens with one attached hydrogen (secondary N) is 1. The SMILES string of the molecule is O=S(=O)(NCc1nnc2ccccn12)c1ccccc1C(F)(F)F. The second kappa shape index (κ2) is 5.87. The third-order valence-corrected chi connectivity index (χ3v) is 4.75. The van der Waals surface area contributed by atoms with Gasteiger partial charge in [-0.1, -0.05) is 18.2 Å². The van der Waals surface area contributed by atoms with Crippen LogP contribution in [0, 0.1) is 0 Å². The zero-order valence-electron chi connectivity index (χ0n) is 12.0. The lowest BCUT2D eigenvalue weighted by molar-refractivity contribution is -0.139. The van der Waals surface area contributed by atoms with Crippen molar-refractivity contribution >= 4 is 15.7 Å². The van der Waals surface area contributed by atoms with Crippen LogP contribution in [0.25, 0.3) is 5.65 Å². The molecule has 1 N–H and O–H groups in total. The van der Waals surface area contributed by atoms with Crippen LogP contribution in [0.5, 0.6) is 0 Å². The third kappa shape index (κ3) is 3.10. The number of sulfonamides is 1. The van der Waals surface area contributed by atoms with Crippen LogP contribution in [0.2, 0.25) is 0 Å². The van der Waals surface area contributed by atoms with Crippen LogP contribution < -0.4 is 4.72 Å². The Morgan fingerprint density at radius 3 is 2.50 bits per heavy atom. The molecule has 0 aliphatic carbocycles. The molecular formula is C14H11F3N4O2S. The molecule has 0 saturated carbocycles. The van der Waals surface area contributed by atoms with Crippen molar-refractivity contribution in [3.63, 3.8) is 0 Å². The van der Waals surface area contributed by atoms with E-state index in [2.05, 4.69) is 14.9 Å². The third-order valence-electron chi connectivity index (χ3n) is 3.29. The van der Waals surface area contributed by atoms with Crippen LogP contribution in [0.3, 0.4) is 0 Å². The van der Waals surface area contributed by atoms with Crippen LogP contribution in [0.15, 0.2) is 53.6 Å². The molecule has 2 heterocycles. The maximum Gasteiger partial charge on any atom is 0.417 e. The van der Waals surface area contributed by atoms with E-state index in [0.717, 1.165) is 18.2 Å². The molecule has 0 aliphatic rings. The van der Waals surface area contributed by atoms with Crippen molar-refractivity contribution in [1.82, 2.24) is 19.3 Å². The standard InChI is InChI=1S/C14H11F3N4O2S/c15-14(16,17)10-5-1-2-6-11(10)24(22,23)18-9-13-20-19-12-7-3-4-8-21(12)13/h1-8,18H,9H2. The Hall–Kier alpha value is -2.46. The van der Waals surface area contributed by atoms with Crippen molar-refractivity contribution < 1.29 is 21.6 Å². The van der Waals surface area contributed by atoms with E-state index in [4.69, 9.17) is 0 Å². The summed E-state index contributed by atoms with van der Waals surface area (Å²) < 4.78 is 67.1. The van der Waals surface area contributed by atoms with Gasteiger partial charge in [0.25, 0.3) is 0 Å². The highest BCUT2D eigenvalue weighted by Gasteiger charge is 2.36. The fourth-order valence-electron chi connectivity index (χ4n) is 2.18. The molecule has 2 aromatic heterocycles. The molecule has 0 bridgehead atoms. The van der Waals surface area contributed by atoms with Crippen molar-refractivity contribution in [2.24, 2.45) is 0 Å². The molecule has 3 rings (SSSR count). The minimum absolute atomic E-state index is 0.263. The number of pyridine rings is 1. The minimum atomic E-state index is -4.77. The average molecular weight is 356 g/mol. The molecule has 0 saturated heterocycles. The molecule has 0 radical (unpaired) electrons. The van der Waals surface area contributed by atoms with Crippen molar-refractivity contribution in [3.8, 4) is 0 Å². The number of hydrogen-bond acceptors (Lipinski definition) is 4. The van der Waals surface area contributed by atoms with Gasteiger partial charge < -0.3 is 0 Å². The molecule has 3 aromatic rings. The first-order valence-corrected chi connectivity index (χ1v) is 8.22. The minimum Gasteiger partial charge on any atom is -0.285 e. The molecule has 24 heavy (non-hydrogen) atoms. The smallest absolute Gasteiger partial charge is 0.285 e. The lowest BCUT2D eigenvalue weighted by atomic mass is 10.2. The summed E-state index contributed by atoms with van der Waals surface area (Å²) in [6, 6.07) is 9.10. The summed E-state index contributed by atoms with van der Waals surface area (Å²) >= 11 is 0. The number of hydrogen-bond donors (Lipinski definition) is 1. The summed E-state index contributed by atoms with van der Waals surface area (Å²) in [7, 11) is -4.37. The number of fused-ring (bicyclic) bond motifs is 1. The summed E-state index contributed by atoms with van der Waals surface area (Å²) in [5.74, 6) is 0.263. The van der Waals surface area contributed by atoms with E-state index in [1.807, 2.05) is 0 Å². The first-order chi connectivity index (χ1) is 11.3. The Morgan fingerprint density at radius 2 is 1.75 bits per heavy atom. The summed E-state index contributed by atoms with van der Waals surface area (Å²) in [5, 5.41) is 7.67. The Labute approximate surface area is 135 Å². The quantitative estimate of drug-likeness (QED) is 0.778. The van der Waals surface area contributed by atoms with Gasteiger partial charge in [-0.2, -0.15) is 13.2 Å². The number of alkyl halides is 3. The maximum absolute atomic E-state index is 13.0. The first-order valence-electron chi connectivity index (χ1n) is 6.73. The Kier molecular flexibility index (Phi) is 4.01. The van der Waals surface area contributed by atoms with Crippen LogP contribution in [-0.2, 0) is 22.7 Å². The lowest BCUT2D eigenvalue weighted by Gasteiger charge is -2.13. The molecule has 10 heteroatoms. The van der Waals surface area contributed by atoms with Gasteiger partial charge in [-0.3, -0.25) is 4.40 Å². The van der Waals surface area contributed by atoms with E-state index >= 15 is 0 Å².